The lowest BCUT2D eigenvalue weighted by Crippen LogP contribution is -2.56. The van der Waals surface area contributed by atoms with Crippen LogP contribution in [0.3, 0.4) is 0 Å². The van der Waals surface area contributed by atoms with Gasteiger partial charge in [0.2, 0.25) is 11.7 Å². The zero-order valence-corrected chi connectivity index (χ0v) is 24.9. The van der Waals surface area contributed by atoms with Gasteiger partial charge in [0.15, 0.2) is 0 Å². The van der Waals surface area contributed by atoms with Crippen molar-refractivity contribution in [1.29, 1.82) is 0 Å². The Bertz CT molecular complexity index is 1540. The molecule has 0 aliphatic rings. The summed E-state index contributed by atoms with van der Waals surface area (Å²) >= 11 is 0. The van der Waals surface area contributed by atoms with Gasteiger partial charge >= 0.3 is 6.09 Å². The summed E-state index contributed by atoms with van der Waals surface area (Å²) in [5.74, 6) is -2.55. The van der Waals surface area contributed by atoms with Crippen molar-refractivity contribution in [1.82, 2.24) is 16.0 Å². The van der Waals surface area contributed by atoms with Gasteiger partial charge in [-0.15, -0.1) is 0 Å². The predicted octanol–water partition coefficient (Wildman–Crippen LogP) is 5.22. The zero-order chi connectivity index (χ0) is 31.3. The van der Waals surface area contributed by atoms with Gasteiger partial charge in [-0.25, -0.2) is 4.79 Å². The molecule has 0 spiro atoms. The molecule has 3 N–H and O–H groups in total. The first-order chi connectivity index (χ1) is 21.3. The van der Waals surface area contributed by atoms with Crippen molar-refractivity contribution >= 4 is 23.7 Å². The molecule has 0 fully saturated rings. The second-order valence-corrected chi connectivity index (χ2v) is 10.8. The van der Waals surface area contributed by atoms with Crippen molar-refractivity contribution < 1.29 is 23.9 Å². The van der Waals surface area contributed by atoms with E-state index < -0.39 is 35.8 Å². The molecule has 0 radical (unpaired) electrons. The van der Waals surface area contributed by atoms with Crippen LogP contribution in [0.25, 0.3) is 11.1 Å². The molecule has 0 bridgehead atoms. The van der Waals surface area contributed by atoms with E-state index >= 15 is 0 Å². The minimum atomic E-state index is -1.10. The van der Waals surface area contributed by atoms with Gasteiger partial charge < -0.3 is 20.7 Å². The number of hydrogen-bond acceptors (Lipinski definition) is 5. The van der Waals surface area contributed by atoms with Gasteiger partial charge in [-0.1, -0.05) is 123 Å². The molecule has 0 saturated carbocycles. The van der Waals surface area contributed by atoms with Gasteiger partial charge in [0, 0.05) is 13.0 Å². The summed E-state index contributed by atoms with van der Waals surface area (Å²) in [4.78, 5) is 52.4. The third kappa shape index (κ3) is 9.39. The van der Waals surface area contributed by atoms with Crippen LogP contribution in [-0.4, -0.2) is 35.8 Å². The number of benzene rings is 4. The third-order valence-electron chi connectivity index (χ3n) is 7.06. The van der Waals surface area contributed by atoms with Gasteiger partial charge in [-0.05, 0) is 39.8 Å². The predicted molar refractivity (Wildman–Crippen MR) is 169 cm³/mol. The highest BCUT2D eigenvalue weighted by molar-refractivity contribution is 6.38. The SMILES string of the molecule is CC(C)[C@H](NC(=O)[C@H](Cc1ccccc1)NC(=O)OCc1ccccc1)C(=O)C(=O)NCc1cccc(-c2ccccc2)c1. The van der Waals surface area contributed by atoms with E-state index in [4.69, 9.17) is 4.74 Å². The smallest absolute Gasteiger partial charge is 0.408 e. The highest BCUT2D eigenvalue weighted by Gasteiger charge is 2.32. The summed E-state index contributed by atoms with van der Waals surface area (Å²) in [5, 5.41) is 8.02. The molecule has 0 unspecified atom stereocenters. The second-order valence-electron chi connectivity index (χ2n) is 10.8. The van der Waals surface area contributed by atoms with Crippen LogP contribution in [0.15, 0.2) is 115 Å². The van der Waals surface area contributed by atoms with Gasteiger partial charge in [0.05, 0.1) is 6.04 Å². The summed E-state index contributed by atoms with van der Waals surface area (Å²) < 4.78 is 5.33. The van der Waals surface area contributed by atoms with Crippen LogP contribution >= 0.6 is 0 Å². The molecule has 4 aromatic carbocycles. The number of rotatable bonds is 13. The van der Waals surface area contributed by atoms with Crippen LogP contribution in [0, 0.1) is 5.92 Å². The number of amides is 3. The minimum Gasteiger partial charge on any atom is -0.445 e. The highest BCUT2D eigenvalue weighted by atomic mass is 16.5. The molecule has 8 heteroatoms. The van der Waals surface area contributed by atoms with E-state index in [9.17, 15) is 19.2 Å². The van der Waals surface area contributed by atoms with E-state index in [1.807, 2.05) is 115 Å². The standard InChI is InChI=1S/C36H37N3O5/c1-25(2)32(33(40)35(42)37-23-28-17-12-20-30(21-28)29-18-10-5-11-19-29)39-34(41)31(22-26-13-6-3-7-14-26)38-36(43)44-24-27-15-8-4-9-16-27/h3-21,25,31-32H,22-24H2,1-2H3,(H,37,42)(H,38,43)(H,39,41)/t31-,32-/m0/s1. The molecule has 0 aliphatic heterocycles. The lowest BCUT2D eigenvalue weighted by Gasteiger charge is -2.24. The van der Waals surface area contributed by atoms with Crippen molar-refractivity contribution in [3.8, 4) is 11.1 Å². The molecule has 2 atom stereocenters. The van der Waals surface area contributed by atoms with Crippen molar-refractivity contribution in [2.75, 3.05) is 0 Å². The lowest BCUT2D eigenvalue weighted by molar-refractivity contribution is -0.141. The van der Waals surface area contributed by atoms with Crippen molar-refractivity contribution in [3.05, 3.63) is 132 Å². The molecular weight excluding hydrogens is 554 g/mol. The molecule has 0 aliphatic carbocycles. The number of Topliss-reactive ketones (excluding diaryl/α,β-unsaturated/α-hetero) is 1. The maximum atomic E-state index is 13.5. The van der Waals surface area contributed by atoms with Gasteiger partial charge in [0.25, 0.3) is 5.91 Å². The third-order valence-corrected chi connectivity index (χ3v) is 7.06. The van der Waals surface area contributed by atoms with E-state index in [0.29, 0.717) is 0 Å². The Labute approximate surface area is 257 Å². The molecule has 4 aromatic rings. The van der Waals surface area contributed by atoms with Gasteiger partial charge in [-0.2, -0.15) is 0 Å². The number of nitrogens with one attached hydrogen (secondary N) is 3. The molecule has 0 saturated heterocycles. The molecule has 8 nitrogen and oxygen atoms in total. The minimum absolute atomic E-state index is 0.0356. The van der Waals surface area contributed by atoms with Crippen LogP contribution in [0.1, 0.15) is 30.5 Å². The van der Waals surface area contributed by atoms with Crippen LogP contribution in [0.5, 0.6) is 0 Å². The van der Waals surface area contributed by atoms with E-state index in [1.54, 1.807) is 13.8 Å². The average molecular weight is 592 g/mol. The highest BCUT2D eigenvalue weighted by Crippen LogP contribution is 2.20. The topological polar surface area (TPSA) is 114 Å². The Balaban J connectivity index is 1.40. The maximum Gasteiger partial charge on any atom is 0.408 e. The fourth-order valence-corrected chi connectivity index (χ4v) is 4.66. The van der Waals surface area contributed by atoms with Crippen molar-refractivity contribution in [2.45, 2.75) is 45.5 Å². The summed E-state index contributed by atoms with van der Waals surface area (Å²) in [6, 6.07) is 33.8. The monoisotopic (exact) mass is 591 g/mol. The Morgan fingerprint density at radius 3 is 1.86 bits per heavy atom. The van der Waals surface area contributed by atoms with Gasteiger partial charge in [0.1, 0.15) is 12.6 Å². The first kappa shape index (κ1) is 31.7. The van der Waals surface area contributed by atoms with Crippen LogP contribution in [0.2, 0.25) is 0 Å². The first-order valence-corrected chi connectivity index (χ1v) is 14.6. The van der Waals surface area contributed by atoms with Crippen molar-refractivity contribution in [3.63, 3.8) is 0 Å². The molecule has 226 valence electrons. The molecule has 4 rings (SSSR count). The van der Waals surface area contributed by atoms with E-state index in [-0.39, 0.29) is 25.5 Å². The second kappa shape index (κ2) is 15.8. The molecule has 44 heavy (non-hydrogen) atoms. The summed E-state index contributed by atoms with van der Waals surface area (Å²) in [6.45, 7) is 3.67. The average Bonchev–Trinajstić information content (AvgIpc) is 3.05. The van der Waals surface area contributed by atoms with Crippen LogP contribution in [-0.2, 0) is 38.7 Å². The fraction of sp³-hybridized carbons (Fsp3) is 0.222. The van der Waals surface area contributed by atoms with E-state index in [1.165, 1.54) is 0 Å². The Hall–Kier alpha value is -5.24. The summed E-state index contributed by atoms with van der Waals surface area (Å²) in [6.07, 6.45) is -0.608. The Kier molecular flexibility index (Phi) is 11.4. The normalized spacial score (nSPS) is 12.1. The number of ketones is 1. The number of carbonyl (C=O) groups excluding carboxylic acids is 4. The molecular formula is C36H37N3O5. The first-order valence-electron chi connectivity index (χ1n) is 14.6. The zero-order valence-electron chi connectivity index (χ0n) is 24.9. The summed E-state index contributed by atoms with van der Waals surface area (Å²) in [7, 11) is 0. The van der Waals surface area contributed by atoms with E-state index in [2.05, 4.69) is 16.0 Å². The van der Waals surface area contributed by atoms with Gasteiger partial charge in [-0.3, -0.25) is 14.4 Å². The van der Waals surface area contributed by atoms with Crippen LogP contribution < -0.4 is 16.0 Å². The molecule has 0 aromatic heterocycles. The lowest BCUT2D eigenvalue weighted by atomic mass is 9.97. The Morgan fingerprint density at radius 2 is 1.23 bits per heavy atom. The quantitative estimate of drug-likeness (QED) is 0.185. The fourth-order valence-electron chi connectivity index (χ4n) is 4.66. The molecule has 3 amide bonds. The van der Waals surface area contributed by atoms with Crippen LogP contribution in [0.4, 0.5) is 4.79 Å². The van der Waals surface area contributed by atoms with Crippen molar-refractivity contribution in [2.24, 2.45) is 5.92 Å². The number of carbonyl (C=O) groups is 4. The maximum absolute atomic E-state index is 13.5. The van der Waals surface area contributed by atoms with E-state index in [0.717, 1.165) is 27.8 Å². The Morgan fingerprint density at radius 1 is 0.659 bits per heavy atom. The molecule has 0 heterocycles. The largest absolute Gasteiger partial charge is 0.445 e. The number of alkyl carbamates (subject to hydrolysis) is 1. The number of ether oxygens (including phenoxy) is 1. The number of hydrogen-bond donors (Lipinski definition) is 3. The summed E-state index contributed by atoms with van der Waals surface area (Å²) in [5.41, 5.74) is 4.48.